The Hall–Kier alpha value is -0.970. The van der Waals surface area contributed by atoms with Gasteiger partial charge in [0.1, 0.15) is 11.8 Å². The summed E-state index contributed by atoms with van der Waals surface area (Å²) < 4.78 is 0. The van der Waals surface area contributed by atoms with Gasteiger partial charge in [-0.05, 0) is 18.4 Å². The van der Waals surface area contributed by atoms with E-state index < -0.39 is 0 Å². The quantitative estimate of drug-likeness (QED) is 0.561. The molecule has 0 atom stereocenters. The highest BCUT2D eigenvalue weighted by Gasteiger charge is 2.16. The van der Waals surface area contributed by atoms with Gasteiger partial charge >= 0.3 is 0 Å². The largest absolute Gasteiger partial charge is 0.363 e. The van der Waals surface area contributed by atoms with Gasteiger partial charge < -0.3 is 4.90 Å². The molecule has 1 rings (SSSR count). The van der Waals surface area contributed by atoms with E-state index >= 15 is 0 Å². The Labute approximate surface area is 68.1 Å². The van der Waals surface area contributed by atoms with Gasteiger partial charge in [0.25, 0.3) is 0 Å². The molecule has 1 aliphatic rings. The van der Waals surface area contributed by atoms with Crippen molar-refractivity contribution in [3.05, 3.63) is 11.8 Å². The number of nitriles is 1. The van der Waals surface area contributed by atoms with Gasteiger partial charge in [0.2, 0.25) is 0 Å². The lowest BCUT2D eigenvalue weighted by molar-refractivity contribution is 0.247. The standard InChI is InChI=1S/C9H14N2/c1-8(2)6-9(7-10)11-4-3-5-11/h6,8H,3-5H2,1-2H3. The smallest absolute Gasteiger partial charge is 0.117 e. The van der Waals surface area contributed by atoms with Crippen LogP contribution >= 0.6 is 0 Å². The van der Waals surface area contributed by atoms with Gasteiger partial charge in [-0.25, -0.2) is 0 Å². The van der Waals surface area contributed by atoms with Gasteiger partial charge in [0.05, 0.1) is 0 Å². The molecule has 0 aromatic heterocycles. The number of hydrogen-bond donors (Lipinski definition) is 0. The van der Waals surface area contributed by atoms with Crippen molar-refractivity contribution < 1.29 is 0 Å². The highest BCUT2D eigenvalue weighted by atomic mass is 15.2. The van der Waals surface area contributed by atoms with Crippen LogP contribution in [-0.2, 0) is 0 Å². The maximum Gasteiger partial charge on any atom is 0.117 e. The summed E-state index contributed by atoms with van der Waals surface area (Å²) >= 11 is 0. The van der Waals surface area contributed by atoms with E-state index in [-0.39, 0.29) is 0 Å². The summed E-state index contributed by atoms with van der Waals surface area (Å²) in [6.45, 7) is 6.31. The molecular weight excluding hydrogens is 136 g/mol. The van der Waals surface area contributed by atoms with E-state index in [4.69, 9.17) is 5.26 Å². The molecule has 0 N–H and O–H groups in total. The summed E-state index contributed by atoms with van der Waals surface area (Å²) in [6.07, 6.45) is 3.26. The van der Waals surface area contributed by atoms with Crippen molar-refractivity contribution in [3.63, 3.8) is 0 Å². The first-order valence-corrected chi connectivity index (χ1v) is 4.11. The minimum absolute atomic E-state index is 0.477. The number of allylic oxidation sites excluding steroid dienone is 2. The highest BCUT2D eigenvalue weighted by molar-refractivity contribution is 5.21. The van der Waals surface area contributed by atoms with Crippen LogP contribution in [0.4, 0.5) is 0 Å². The number of nitrogens with zero attached hydrogens (tertiary/aromatic N) is 2. The fourth-order valence-electron chi connectivity index (χ4n) is 1.09. The topological polar surface area (TPSA) is 27.0 Å². The van der Waals surface area contributed by atoms with E-state index in [9.17, 15) is 0 Å². The van der Waals surface area contributed by atoms with Gasteiger partial charge in [-0.3, -0.25) is 0 Å². The second-order valence-electron chi connectivity index (χ2n) is 3.25. The lowest BCUT2D eigenvalue weighted by atomic mass is 10.1. The van der Waals surface area contributed by atoms with Gasteiger partial charge in [-0.1, -0.05) is 13.8 Å². The first kappa shape index (κ1) is 8.13. The lowest BCUT2D eigenvalue weighted by Crippen LogP contribution is -2.35. The van der Waals surface area contributed by atoms with Crippen LogP contribution in [0.15, 0.2) is 11.8 Å². The zero-order chi connectivity index (χ0) is 8.27. The molecule has 0 bridgehead atoms. The maximum atomic E-state index is 8.75. The van der Waals surface area contributed by atoms with Crippen molar-refractivity contribution in [2.24, 2.45) is 5.92 Å². The molecule has 0 unspecified atom stereocenters. The molecule has 2 nitrogen and oxygen atoms in total. The predicted molar refractivity (Wildman–Crippen MR) is 44.7 cm³/mol. The third kappa shape index (κ3) is 1.98. The summed E-state index contributed by atoms with van der Waals surface area (Å²) in [7, 11) is 0. The molecular formula is C9H14N2. The van der Waals surface area contributed by atoms with Crippen molar-refractivity contribution in [3.8, 4) is 6.07 Å². The Balaban J connectivity index is 2.56. The first-order chi connectivity index (χ1) is 5.24. The molecule has 0 radical (unpaired) electrons. The van der Waals surface area contributed by atoms with Crippen LogP contribution < -0.4 is 0 Å². The van der Waals surface area contributed by atoms with Crippen LogP contribution in [0.25, 0.3) is 0 Å². The van der Waals surface area contributed by atoms with Crippen molar-refractivity contribution in [2.75, 3.05) is 13.1 Å². The summed E-state index contributed by atoms with van der Waals surface area (Å²) in [4.78, 5) is 2.12. The lowest BCUT2D eigenvalue weighted by Gasteiger charge is -2.32. The summed E-state index contributed by atoms with van der Waals surface area (Å²) in [6, 6.07) is 2.22. The predicted octanol–water partition coefficient (Wildman–Crippen LogP) is 1.76. The summed E-state index contributed by atoms with van der Waals surface area (Å²) in [5, 5.41) is 8.75. The van der Waals surface area contributed by atoms with Crippen LogP contribution in [0.5, 0.6) is 0 Å². The maximum absolute atomic E-state index is 8.75. The van der Waals surface area contributed by atoms with Crippen molar-refractivity contribution in [2.45, 2.75) is 20.3 Å². The fraction of sp³-hybridized carbons (Fsp3) is 0.667. The van der Waals surface area contributed by atoms with Crippen molar-refractivity contribution in [1.82, 2.24) is 4.90 Å². The molecule has 11 heavy (non-hydrogen) atoms. The third-order valence-corrected chi connectivity index (χ3v) is 1.80. The molecule has 0 spiro atoms. The van der Waals surface area contributed by atoms with Gasteiger partial charge in [-0.2, -0.15) is 5.26 Å². The molecule has 0 amide bonds. The fourth-order valence-corrected chi connectivity index (χ4v) is 1.09. The van der Waals surface area contributed by atoms with E-state index in [0.29, 0.717) is 5.92 Å². The highest BCUT2D eigenvalue weighted by Crippen LogP contribution is 2.15. The van der Waals surface area contributed by atoms with E-state index in [1.54, 1.807) is 0 Å². The molecule has 0 aromatic carbocycles. The second kappa shape index (κ2) is 3.43. The molecule has 0 aromatic rings. The Morgan fingerprint density at radius 2 is 2.18 bits per heavy atom. The van der Waals surface area contributed by atoms with Gasteiger partial charge in [0.15, 0.2) is 0 Å². The Bertz CT molecular complexity index is 194. The normalized spacial score (nSPS) is 18.0. The third-order valence-electron chi connectivity index (χ3n) is 1.80. The molecule has 0 saturated carbocycles. The van der Waals surface area contributed by atoms with Crippen molar-refractivity contribution in [1.29, 1.82) is 5.26 Å². The van der Waals surface area contributed by atoms with E-state index in [0.717, 1.165) is 18.8 Å². The molecule has 60 valence electrons. The second-order valence-corrected chi connectivity index (χ2v) is 3.25. The molecule has 0 aliphatic carbocycles. The Morgan fingerprint density at radius 3 is 2.45 bits per heavy atom. The number of likely N-dealkylation sites (tertiary alicyclic amines) is 1. The zero-order valence-corrected chi connectivity index (χ0v) is 7.17. The van der Waals surface area contributed by atoms with Crippen LogP contribution in [0.1, 0.15) is 20.3 Å². The SMILES string of the molecule is CC(C)C=C(C#N)N1CCC1. The Kier molecular flexibility index (Phi) is 2.53. The van der Waals surface area contributed by atoms with E-state index in [2.05, 4.69) is 24.8 Å². The Morgan fingerprint density at radius 1 is 1.55 bits per heavy atom. The number of rotatable bonds is 2. The van der Waals surface area contributed by atoms with E-state index in [1.165, 1.54) is 6.42 Å². The molecule has 1 fully saturated rings. The molecule has 2 heteroatoms. The van der Waals surface area contributed by atoms with Crippen LogP contribution in [0.2, 0.25) is 0 Å². The average molecular weight is 150 g/mol. The van der Waals surface area contributed by atoms with Crippen molar-refractivity contribution >= 4 is 0 Å². The summed E-state index contributed by atoms with van der Waals surface area (Å²) in [5.41, 5.74) is 0.853. The number of hydrogen-bond acceptors (Lipinski definition) is 2. The zero-order valence-electron chi connectivity index (χ0n) is 7.17. The van der Waals surface area contributed by atoms with Crippen LogP contribution in [-0.4, -0.2) is 18.0 Å². The van der Waals surface area contributed by atoms with Gasteiger partial charge in [-0.15, -0.1) is 0 Å². The average Bonchev–Trinajstić information content (AvgIpc) is 1.81. The molecule has 1 saturated heterocycles. The molecule has 1 aliphatic heterocycles. The summed E-state index contributed by atoms with van der Waals surface area (Å²) in [5.74, 6) is 0.477. The minimum atomic E-state index is 0.477. The molecule has 1 heterocycles. The minimum Gasteiger partial charge on any atom is -0.363 e. The van der Waals surface area contributed by atoms with Gasteiger partial charge in [0, 0.05) is 13.1 Å². The van der Waals surface area contributed by atoms with E-state index in [1.807, 2.05) is 6.08 Å². The van der Waals surface area contributed by atoms with Crippen LogP contribution in [0.3, 0.4) is 0 Å². The van der Waals surface area contributed by atoms with Crippen LogP contribution in [0, 0.1) is 17.2 Å². The first-order valence-electron chi connectivity index (χ1n) is 4.11. The monoisotopic (exact) mass is 150 g/mol.